The average Bonchev–Trinajstić information content (AvgIpc) is 3.19. The van der Waals surface area contributed by atoms with Gasteiger partial charge < -0.3 is 14.0 Å². The fourth-order valence-corrected chi connectivity index (χ4v) is 2.72. The van der Waals surface area contributed by atoms with Crippen molar-refractivity contribution in [1.29, 1.82) is 0 Å². The summed E-state index contributed by atoms with van der Waals surface area (Å²) in [5.41, 5.74) is 2.65. The lowest BCUT2D eigenvalue weighted by Crippen LogP contribution is -2.10. The van der Waals surface area contributed by atoms with Crippen molar-refractivity contribution >= 4 is 0 Å². The standard InChI is InChI=1S/C17H20N4O3/c1-10-9-11(2)21(19-10)12(3)17-18-16(20-24-17)15-13(22-4)7-6-8-14(15)23-5/h6-9,12H,1-5H3/t12-/m0/s1. The van der Waals surface area contributed by atoms with E-state index < -0.39 is 0 Å². The molecule has 0 saturated heterocycles. The van der Waals surface area contributed by atoms with E-state index in [0.29, 0.717) is 28.8 Å². The first-order chi connectivity index (χ1) is 11.5. The number of nitrogens with zero attached hydrogens (tertiary/aromatic N) is 4. The largest absolute Gasteiger partial charge is 0.496 e. The van der Waals surface area contributed by atoms with Crippen LogP contribution >= 0.6 is 0 Å². The molecule has 0 radical (unpaired) electrons. The fourth-order valence-electron chi connectivity index (χ4n) is 2.72. The third-order valence-corrected chi connectivity index (χ3v) is 3.86. The lowest BCUT2D eigenvalue weighted by Gasteiger charge is -2.10. The highest BCUT2D eigenvalue weighted by Gasteiger charge is 2.22. The Morgan fingerprint density at radius 2 is 1.79 bits per heavy atom. The Kier molecular flexibility index (Phi) is 4.24. The van der Waals surface area contributed by atoms with Gasteiger partial charge in [0, 0.05) is 5.69 Å². The molecule has 0 spiro atoms. The van der Waals surface area contributed by atoms with E-state index in [4.69, 9.17) is 14.0 Å². The Hall–Kier alpha value is -2.83. The molecular weight excluding hydrogens is 308 g/mol. The Bertz CT molecular complexity index is 831. The van der Waals surface area contributed by atoms with Gasteiger partial charge >= 0.3 is 0 Å². The fraction of sp³-hybridized carbons (Fsp3) is 0.353. The van der Waals surface area contributed by atoms with Crippen molar-refractivity contribution in [3.8, 4) is 22.9 Å². The Morgan fingerprint density at radius 3 is 2.33 bits per heavy atom. The molecule has 1 aromatic carbocycles. The van der Waals surface area contributed by atoms with Crippen LogP contribution < -0.4 is 9.47 Å². The van der Waals surface area contributed by atoms with Crippen molar-refractivity contribution in [2.45, 2.75) is 26.8 Å². The molecule has 24 heavy (non-hydrogen) atoms. The second-order valence-electron chi connectivity index (χ2n) is 5.54. The molecule has 0 aliphatic heterocycles. The van der Waals surface area contributed by atoms with E-state index in [0.717, 1.165) is 11.4 Å². The van der Waals surface area contributed by atoms with Gasteiger partial charge in [0.25, 0.3) is 5.89 Å². The molecule has 3 aromatic rings. The van der Waals surface area contributed by atoms with Crippen LogP contribution in [0.15, 0.2) is 28.8 Å². The molecule has 0 N–H and O–H groups in total. The van der Waals surface area contributed by atoms with E-state index >= 15 is 0 Å². The number of ether oxygens (including phenoxy) is 2. The smallest absolute Gasteiger partial charge is 0.251 e. The minimum atomic E-state index is -0.166. The molecule has 7 heteroatoms. The number of benzene rings is 1. The predicted octanol–water partition coefficient (Wildman–Crippen LogP) is 3.18. The molecular formula is C17H20N4O3. The molecule has 0 saturated carbocycles. The van der Waals surface area contributed by atoms with E-state index in [1.54, 1.807) is 14.2 Å². The number of hydrogen-bond donors (Lipinski definition) is 0. The second-order valence-corrected chi connectivity index (χ2v) is 5.54. The quantitative estimate of drug-likeness (QED) is 0.716. The monoisotopic (exact) mass is 328 g/mol. The van der Waals surface area contributed by atoms with Gasteiger partial charge in [-0.2, -0.15) is 10.1 Å². The second kappa shape index (κ2) is 6.35. The Balaban J connectivity index is 2.01. The molecule has 0 amide bonds. The van der Waals surface area contributed by atoms with Gasteiger partial charge in [-0.25, -0.2) is 0 Å². The van der Waals surface area contributed by atoms with E-state index in [1.807, 2.05) is 49.7 Å². The minimum Gasteiger partial charge on any atom is -0.496 e. The SMILES string of the molecule is COc1cccc(OC)c1-c1noc([C@H](C)n2nc(C)cc2C)n1. The molecule has 126 valence electrons. The van der Waals surface area contributed by atoms with Crippen LogP contribution in [0.25, 0.3) is 11.4 Å². The Labute approximate surface area is 140 Å². The summed E-state index contributed by atoms with van der Waals surface area (Å²) in [4.78, 5) is 4.53. The highest BCUT2D eigenvalue weighted by Crippen LogP contribution is 2.37. The van der Waals surface area contributed by atoms with E-state index in [1.165, 1.54) is 0 Å². The topological polar surface area (TPSA) is 75.2 Å². The van der Waals surface area contributed by atoms with Gasteiger partial charge in [0.05, 0.1) is 19.9 Å². The maximum atomic E-state index is 5.47. The molecule has 3 rings (SSSR count). The first kappa shape index (κ1) is 16.0. The van der Waals surface area contributed by atoms with Crippen LogP contribution in [0.1, 0.15) is 30.2 Å². The van der Waals surface area contributed by atoms with Crippen LogP contribution in [0.5, 0.6) is 11.5 Å². The number of aromatic nitrogens is 4. The molecule has 0 bridgehead atoms. The van der Waals surface area contributed by atoms with Gasteiger partial charge in [0.15, 0.2) is 0 Å². The lowest BCUT2D eigenvalue weighted by atomic mass is 10.1. The summed E-state index contributed by atoms with van der Waals surface area (Å²) >= 11 is 0. The molecule has 0 aliphatic carbocycles. The van der Waals surface area contributed by atoms with Crippen molar-refractivity contribution in [2.24, 2.45) is 0 Å². The van der Waals surface area contributed by atoms with Crippen molar-refractivity contribution in [1.82, 2.24) is 19.9 Å². The van der Waals surface area contributed by atoms with Crippen molar-refractivity contribution < 1.29 is 14.0 Å². The molecule has 2 aromatic heterocycles. The minimum absolute atomic E-state index is 0.166. The van der Waals surface area contributed by atoms with Gasteiger partial charge in [0.2, 0.25) is 5.82 Å². The molecule has 0 fully saturated rings. The maximum absolute atomic E-state index is 5.47. The summed E-state index contributed by atoms with van der Waals surface area (Å²) in [5.74, 6) is 2.15. The van der Waals surface area contributed by atoms with Crippen molar-refractivity contribution in [3.63, 3.8) is 0 Å². The van der Waals surface area contributed by atoms with Gasteiger partial charge in [-0.1, -0.05) is 11.2 Å². The van der Waals surface area contributed by atoms with Gasteiger partial charge in [-0.3, -0.25) is 4.68 Å². The zero-order chi connectivity index (χ0) is 17.3. The predicted molar refractivity (Wildman–Crippen MR) is 88.4 cm³/mol. The molecule has 2 heterocycles. The lowest BCUT2D eigenvalue weighted by molar-refractivity contribution is 0.333. The first-order valence-electron chi connectivity index (χ1n) is 7.63. The maximum Gasteiger partial charge on any atom is 0.251 e. The molecule has 0 aliphatic rings. The van der Waals surface area contributed by atoms with E-state index in [9.17, 15) is 0 Å². The highest BCUT2D eigenvalue weighted by molar-refractivity contribution is 5.71. The molecule has 1 atom stereocenters. The summed E-state index contributed by atoms with van der Waals surface area (Å²) in [6.07, 6.45) is 0. The zero-order valence-electron chi connectivity index (χ0n) is 14.4. The van der Waals surface area contributed by atoms with E-state index in [-0.39, 0.29) is 6.04 Å². The summed E-state index contributed by atoms with van der Waals surface area (Å²) in [6.45, 7) is 5.92. The van der Waals surface area contributed by atoms with E-state index in [2.05, 4.69) is 15.2 Å². The van der Waals surface area contributed by atoms with Crippen molar-refractivity contribution in [2.75, 3.05) is 14.2 Å². The summed E-state index contributed by atoms with van der Waals surface area (Å²) in [7, 11) is 3.19. The number of methoxy groups -OCH3 is 2. The zero-order valence-corrected chi connectivity index (χ0v) is 14.4. The molecule has 0 unspecified atom stereocenters. The summed E-state index contributed by atoms with van der Waals surface area (Å²) in [5, 5.41) is 8.57. The van der Waals surface area contributed by atoms with Gasteiger partial charge in [0.1, 0.15) is 23.1 Å². The number of hydrogen-bond acceptors (Lipinski definition) is 6. The number of aryl methyl sites for hydroxylation is 2. The third kappa shape index (κ3) is 2.73. The summed E-state index contributed by atoms with van der Waals surface area (Å²) < 4.78 is 18.1. The normalized spacial score (nSPS) is 12.2. The average molecular weight is 328 g/mol. The van der Waals surface area contributed by atoms with Gasteiger partial charge in [-0.15, -0.1) is 0 Å². The first-order valence-corrected chi connectivity index (χ1v) is 7.63. The van der Waals surface area contributed by atoms with Crippen LogP contribution in [0, 0.1) is 13.8 Å². The number of rotatable bonds is 5. The van der Waals surface area contributed by atoms with Crippen LogP contribution in [0.3, 0.4) is 0 Å². The summed E-state index contributed by atoms with van der Waals surface area (Å²) in [6, 6.07) is 7.36. The van der Waals surface area contributed by atoms with Crippen LogP contribution in [0.4, 0.5) is 0 Å². The van der Waals surface area contributed by atoms with Crippen LogP contribution in [-0.2, 0) is 0 Å². The third-order valence-electron chi connectivity index (χ3n) is 3.86. The van der Waals surface area contributed by atoms with Crippen LogP contribution in [0.2, 0.25) is 0 Å². The van der Waals surface area contributed by atoms with Crippen LogP contribution in [-0.4, -0.2) is 34.1 Å². The van der Waals surface area contributed by atoms with Gasteiger partial charge in [-0.05, 0) is 39.0 Å². The van der Waals surface area contributed by atoms with Crippen molar-refractivity contribution in [3.05, 3.63) is 41.5 Å². The highest BCUT2D eigenvalue weighted by atomic mass is 16.5. The molecule has 7 nitrogen and oxygen atoms in total. The Morgan fingerprint density at radius 1 is 1.12 bits per heavy atom.